The molecule has 3 aromatic carbocycles. The maximum absolute atomic E-state index is 12.0. The number of nitrogens with two attached hydrogens (primary N) is 1. The van der Waals surface area contributed by atoms with Crippen LogP contribution in [0, 0.1) is 11.3 Å². The van der Waals surface area contributed by atoms with E-state index in [4.69, 9.17) is 15.7 Å². The molecule has 1 heterocycles. The summed E-state index contributed by atoms with van der Waals surface area (Å²) in [5.74, 6) is 1.63. The molecule has 0 spiro atoms. The number of rotatable bonds is 7. The fourth-order valence-corrected chi connectivity index (χ4v) is 3.16. The molecule has 8 nitrogen and oxygen atoms in total. The number of benzene rings is 3. The van der Waals surface area contributed by atoms with Crippen molar-refractivity contribution >= 4 is 28.9 Å². The van der Waals surface area contributed by atoms with Crippen LogP contribution in [0.2, 0.25) is 0 Å². The van der Waals surface area contributed by atoms with E-state index >= 15 is 0 Å². The maximum Gasteiger partial charge on any atom is 0.265 e. The minimum Gasteiger partial charge on any atom is -0.457 e. The second-order valence-electron chi connectivity index (χ2n) is 7.17. The number of ether oxygens (including phenoxy) is 1. The highest BCUT2D eigenvalue weighted by Crippen LogP contribution is 2.34. The molecule has 0 saturated heterocycles. The molecule has 4 rings (SSSR count). The van der Waals surface area contributed by atoms with E-state index in [1.807, 2.05) is 60.7 Å². The van der Waals surface area contributed by atoms with Crippen molar-refractivity contribution in [3.05, 3.63) is 97.3 Å². The first-order valence-electron chi connectivity index (χ1n) is 10.2. The highest BCUT2D eigenvalue weighted by Gasteiger charge is 2.14. The number of nitriles is 1. The Morgan fingerprint density at radius 3 is 2.41 bits per heavy atom. The van der Waals surface area contributed by atoms with E-state index < -0.39 is 5.91 Å². The largest absolute Gasteiger partial charge is 0.457 e. The molecule has 8 heteroatoms. The van der Waals surface area contributed by atoms with Gasteiger partial charge in [0, 0.05) is 11.4 Å². The lowest BCUT2D eigenvalue weighted by molar-refractivity contribution is -0.112. The quantitative estimate of drug-likeness (QED) is 0.259. The minimum absolute atomic E-state index is 0.185. The summed E-state index contributed by atoms with van der Waals surface area (Å²) in [5.41, 5.74) is 8.51. The topological polar surface area (TPSA) is 126 Å². The molecule has 0 unspecified atom stereocenters. The van der Waals surface area contributed by atoms with Gasteiger partial charge in [0.1, 0.15) is 41.1 Å². The van der Waals surface area contributed by atoms with Crippen molar-refractivity contribution in [1.29, 1.82) is 5.26 Å². The Kier molecular flexibility index (Phi) is 6.47. The van der Waals surface area contributed by atoms with Crippen LogP contribution in [0.3, 0.4) is 0 Å². The Bertz CT molecular complexity index is 1380. The van der Waals surface area contributed by atoms with E-state index in [9.17, 15) is 4.79 Å². The fourth-order valence-electron chi connectivity index (χ4n) is 3.16. The van der Waals surface area contributed by atoms with E-state index in [-0.39, 0.29) is 11.4 Å². The number of hydrogen-bond donors (Lipinski definition) is 3. The predicted molar refractivity (Wildman–Crippen MR) is 132 cm³/mol. The van der Waals surface area contributed by atoms with Gasteiger partial charge in [0.05, 0.1) is 5.56 Å². The molecule has 0 radical (unpaired) electrons. The molecule has 0 saturated carbocycles. The maximum atomic E-state index is 12.0. The first-order valence-corrected chi connectivity index (χ1v) is 10.2. The van der Waals surface area contributed by atoms with Gasteiger partial charge >= 0.3 is 0 Å². The van der Waals surface area contributed by atoms with Crippen molar-refractivity contribution in [2.24, 2.45) is 0 Å². The molecule has 0 bridgehead atoms. The highest BCUT2D eigenvalue weighted by atomic mass is 16.5. The zero-order valence-corrected chi connectivity index (χ0v) is 18.0. The van der Waals surface area contributed by atoms with Gasteiger partial charge in [-0.3, -0.25) is 4.79 Å². The Hall–Kier alpha value is -5.16. The highest BCUT2D eigenvalue weighted by molar-refractivity contribution is 6.06. The van der Waals surface area contributed by atoms with Crippen LogP contribution in [0.25, 0.3) is 11.1 Å². The third-order valence-electron chi connectivity index (χ3n) is 4.79. The van der Waals surface area contributed by atoms with Crippen LogP contribution in [0.4, 0.5) is 23.0 Å². The van der Waals surface area contributed by atoms with Crippen LogP contribution in [-0.4, -0.2) is 15.9 Å². The lowest BCUT2D eigenvalue weighted by Gasteiger charge is -2.14. The molecule has 4 N–H and O–H groups in total. The number of carbonyl (C=O) groups excluding carboxylic acids is 1. The summed E-state index contributed by atoms with van der Waals surface area (Å²) in [4.78, 5) is 20.5. The molecule has 0 atom stereocenters. The van der Waals surface area contributed by atoms with Crippen molar-refractivity contribution in [2.75, 3.05) is 16.4 Å². The summed E-state index contributed by atoms with van der Waals surface area (Å²) in [6.45, 7) is 3.42. The Balaban J connectivity index is 1.57. The van der Waals surface area contributed by atoms with Gasteiger partial charge in [-0.1, -0.05) is 36.9 Å². The first-order chi connectivity index (χ1) is 16.5. The van der Waals surface area contributed by atoms with Gasteiger partial charge in [-0.25, -0.2) is 9.97 Å². The third kappa shape index (κ3) is 5.18. The SMILES string of the molecule is C=C(C#N)C(=O)Nc1cccc(-c2c(N)ncnc2Nc2ccc(Oc3ccccc3)cc2)c1. The van der Waals surface area contributed by atoms with E-state index in [2.05, 4.69) is 27.2 Å². The summed E-state index contributed by atoms with van der Waals surface area (Å²) in [7, 11) is 0. The predicted octanol–water partition coefficient (Wildman–Crippen LogP) is 5.28. The Morgan fingerprint density at radius 1 is 0.941 bits per heavy atom. The van der Waals surface area contributed by atoms with Crippen LogP contribution < -0.4 is 21.1 Å². The van der Waals surface area contributed by atoms with Gasteiger partial charge in [0.25, 0.3) is 5.91 Å². The average molecular weight is 448 g/mol. The number of nitrogens with one attached hydrogen (secondary N) is 2. The van der Waals surface area contributed by atoms with Crippen LogP contribution >= 0.6 is 0 Å². The Labute approximate surface area is 196 Å². The van der Waals surface area contributed by atoms with Gasteiger partial charge in [-0.15, -0.1) is 0 Å². The second kappa shape index (κ2) is 9.97. The number of anilines is 4. The third-order valence-corrected chi connectivity index (χ3v) is 4.79. The number of nitrogens with zero attached hydrogens (tertiary/aromatic N) is 3. The Morgan fingerprint density at radius 2 is 1.68 bits per heavy atom. The molecular weight excluding hydrogens is 428 g/mol. The molecule has 0 aliphatic heterocycles. The van der Waals surface area contributed by atoms with E-state index in [1.165, 1.54) is 6.33 Å². The fraction of sp³-hybridized carbons (Fsp3) is 0. The molecule has 4 aromatic rings. The van der Waals surface area contributed by atoms with Gasteiger partial charge in [-0.2, -0.15) is 5.26 Å². The zero-order chi connectivity index (χ0) is 23.9. The number of nitrogen functional groups attached to an aromatic ring is 1. The molecule has 34 heavy (non-hydrogen) atoms. The summed E-state index contributed by atoms with van der Waals surface area (Å²) < 4.78 is 5.83. The minimum atomic E-state index is -0.576. The van der Waals surface area contributed by atoms with Gasteiger partial charge in [0.15, 0.2) is 0 Å². The lowest BCUT2D eigenvalue weighted by atomic mass is 10.1. The van der Waals surface area contributed by atoms with E-state index in [0.717, 1.165) is 11.4 Å². The zero-order valence-electron chi connectivity index (χ0n) is 18.0. The van der Waals surface area contributed by atoms with E-state index in [0.29, 0.717) is 28.4 Å². The van der Waals surface area contributed by atoms with Crippen LogP contribution in [0.15, 0.2) is 97.3 Å². The summed E-state index contributed by atoms with van der Waals surface area (Å²) in [6, 6.07) is 25.7. The molecule has 0 aliphatic rings. The number of aromatic nitrogens is 2. The number of para-hydroxylation sites is 1. The van der Waals surface area contributed by atoms with Gasteiger partial charge in [-0.05, 0) is 54.1 Å². The lowest BCUT2D eigenvalue weighted by Crippen LogP contribution is -2.12. The van der Waals surface area contributed by atoms with Crippen molar-refractivity contribution < 1.29 is 9.53 Å². The van der Waals surface area contributed by atoms with Crippen molar-refractivity contribution in [2.45, 2.75) is 0 Å². The van der Waals surface area contributed by atoms with Gasteiger partial charge < -0.3 is 21.1 Å². The van der Waals surface area contributed by atoms with E-state index in [1.54, 1.807) is 24.3 Å². The molecule has 166 valence electrons. The molecule has 0 aliphatic carbocycles. The smallest absolute Gasteiger partial charge is 0.265 e. The van der Waals surface area contributed by atoms with Crippen LogP contribution in [0.1, 0.15) is 0 Å². The van der Waals surface area contributed by atoms with Gasteiger partial charge in [0.2, 0.25) is 0 Å². The normalized spacial score (nSPS) is 10.1. The average Bonchev–Trinajstić information content (AvgIpc) is 2.85. The van der Waals surface area contributed by atoms with Crippen LogP contribution in [0.5, 0.6) is 11.5 Å². The monoisotopic (exact) mass is 448 g/mol. The second-order valence-corrected chi connectivity index (χ2v) is 7.17. The number of hydrogen-bond acceptors (Lipinski definition) is 7. The standard InChI is InChI=1S/C26H20N6O2/c1-17(15-27)26(33)32-20-7-5-6-18(14-20)23-24(28)29-16-30-25(23)31-19-10-12-22(13-11-19)34-21-8-3-2-4-9-21/h2-14,16H,1H2,(H,32,33)(H3,28,29,30,31). The van der Waals surface area contributed by atoms with Crippen molar-refractivity contribution in [3.63, 3.8) is 0 Å². The van der Waals surface area contributed by atoms with Crippen LogP contribution in [-0.2, 0) is 4.79 Å². The molecular formula is C26H20N6O2. The molecule has 1 amide bonds. The summed E-state index contributed by atoms with van der Waals surface area (Å²) in [5, 5.41) is 14.8. The number of amides is 1. The summed E-state index contributed by atoms with van der Waals surface area (Å²) in [6.07, 6.45) is 1.37. The molecule has 0 fully saturated rings. The van der Waals surface area contributed by atoms with Crippen molar-refractivity contribution in [3.8, 4) is 28.7 Å². The first kappa shape index (κ1) is 22.0. The number of carbonyl (C=O) groups is 1. The molecule has 1 aromatic heterocycles. The summed E-state index contributed by atoms with van der Waals surface area (Å²) >= 11 is 0. The van der Waals surface area contributed by atoms with Crippen molar-refractivity contribution in [1.82, 2.24) is 9.97 Å².